The highest BCUT2D eigenvalue weighted by molar-refractivity contribution is 6.01. The number of pyridine rings is 1. The molecule has 1 fully saturated rings. The molecule has 12 nitrogen and oxygen atoms in total. The van der Waals surface area contributed by atoms with Gasteiger partial charge in [0.1, 0.15) is 23.4 Å². The van der Waals surface area contributed by atoms with Crippen LogP contribution in [0.25, 0.3) is 0 Å². The minimum atomic E-state index is -3.15. The van der Waals surface area contributed by atoms with Crippen molar-refractivity contribution in [2.24, 2.45) is 0 Å². The van der Waals surface area contributed by atoms with Gasteiger partial charge in [-0.05, 0) is 53.4 Å². The van der Waals surface area contributed by atoms with Gasteiger partial charge >= 0.3 is 6.03 Å². The molecule has 15 heteroatoms. The number of nitrogens with one attached hydrogen (secondary N) is 3. The molecule has 1 aliphatic heterocycles. The third-order valence-corrected chi connectivity index (χ3v) is 6.44. The van der Waals surface area contributed by atoms with Crippen LogP contribution in [0.4, 0.5) is 23.8 Å². The largest absolute Gasteiger partial charge is 0.382 e. The summed E-state index contributed by atoms with van der Waals surface area (Å²) < 4.78 is 52.1. The number of halogens is 3. The topological polar surface area (TPSA) is 152 Å². The lowest BCUT2D eigenvalue weighted by molar-refractivity contribution is -0.118. The van der Waals surface area contributed by atoms with E-state index in [1.807, 2.05) is 0 Å². The van der Waals surface area contributed by atoms with Crippen LogP contribution in [0.1, 0.15) is 51.9 Å². The number of carbonyl (C=O) groups is 3. The average molecular weight is 576 g/mol. The highest BCUT2D eigenvalue weighted by Gasteiger charge is 2.42. The Morgan fingerprint density at radius 2 is 2.00 bits per heavy atom. The Balaban J connectivity index is 1.62. The van der Waals surface area contributed by atoms with Gasteiger partial charge < -0.3 is 25.6 Å². The van der Waals surface area contributed by atoms with E-state index >= 15 is 0 Å². The van der Waals surface area contributed by atoms with Gasteiger partial charge in [0.15, 0.2) is 5.69 Å². The molecule has 0 spiro atoms. The van der Waals surface area contributed by atoms with Gasteiger partial charge in [0, 0.05) is 13.3 Å². The number of amides is 4. The van der Waals surface area contributed by atoms with Gasteiger partial charge in [-0.15, -0.1) is 0 Å². The van der Waals surface area contributed by atoms with Gasteiger partial charge in [-0.25, -0.2) is 27.6 Å². The minimum Gasteiger partial charge on any atom is -0.382 e. The molecule has 3 N–H and O–H groups in total. The molecular weight excluding hydrogens is 547 g/mol. The third kappa shape index (κ3) is 6.80. The monoisotopic (exact) mass is 575 g/mol. The van der Waals surface area contributed by atoms with Gasteiger partial charge in [0.25, 0.3) is 17.7 Å². The number of alkyl halides is 2. The zero-order chi connectivity index (χ0) is 29.7. The van der Waals surface area contributed by atoms with Crippen molar-refractivity contribution in [1.82, 2.24) is 30.8 Å². The van der Waals surface area contributed by atoms with E-state index in [-0.39, 0.29) is 34.9 Å². The van der Waals surface area contributed by atoms with Gasteiger partial charge in [-0.2, -0.15) is 0 Å². The summed E-state index contributed by atoms with van der Waals surface area (Å²) >= 11 is 0. The molecule has 218 valence electrons. The molecule has 1 aromatic carbocycles. The first-order chi connectivity index (χ1) is 19.5. The molecule has 2 aromatic heterocycles. The number of hydrogen-bond acceptors (Lipinski definition) is 8. The van der Waals surface area contributed by atoms with Gasteiger partial charge in [0.05, 0.1) is 25.7 Å². The molecule has 0 unspecified atom stereocenters. The number of anilines is 1. The third-order valence-electron chi connectivity index (χ3n) is 6.44. The standard InChI is InChI=1S/C26H28F3N7O5/c1-4-18-22(35-41-34-18)24(38)33-21(16-5-6-17(27)14(2)9-16)23(37)32-20-10-15(7-8-30-20)19(11-40-3)36-13-26(28,29)12-31-25(36)39/h5-10,19,21H,4,11-13H2,1-3H3,(H,31,39)(H,33,38)(H,30,32,37)/t19-,21+/m1/s1. The summed E-state index contributed by atoms with van der Waals surface area (Å²) in [6, 6.07) is 3.90. The van der Waals surface area contributed by atoms with Crippen LogP contribution in [0, 0.1) is 12.7 Å². The lowest BCUT2D eigenvalue weighted by Crippen LogP contribution is -2.58. The summed E-state index contributed by atoms with van der Waals surface area (Å²) in [7, 11) is 1.36. The van der Waals surface area contributed by atoms with Crippen LogP contribution in [0.5, 0.6) is 0 Å². The Bertz CT molecular complexity index is 1430. The molecule has 1 aliphatic rings. The molecular formula is C26H28F3N7O5. The minimum absolute atomic E-state index is 0.00761. The number of rotatable bonds is 10. The molecule has 1 saturated heterocycles. The molecule has 4 amide bonds. The van der Waals surface area contributed by atoms with Crippen LogP contribution in [0.2, 0.25) is 0 Å². The van der Waals surface area contributed by atoms with Crippen molar-refractivity contribution in [3.8, 4) is 0 Å². The second-order valence-electron chi connectivity index (χ2n) is 9.41. The van der Waals surface area contributed by atoms with Crippen molar-refractivity contribution < 1.29 is 36.9 Å². The fourth-order valence-electron chi connectivity index (χ4n) is 4.34. The van der Waals surface area contributed by atoms with Crippen molar-refractivity contribution in [2.75, 3.05) is 32.1 Å². The molecule has 41 heavy (non-hydrogen) atoms. The highest BCUT2D eigenvalue weighted by atomic mass is 19.3. The Hall–Kier alpha value is -4.53. The Kier molecular flexibility index (Phi) is 8.86. The Morgan fingerprint density at radius 3 is 2.71 bits per heavy atom. The second kappa shape index (κ2) is 12.3. The first-order valence-electron chi connectivity index (χ1n) is 12.6. The summed E-state index contributed by atoms with van der Waals surface area (Å²) in [6.45, 7) is 1.53. The number of methoxy groups -OCH3 is 1. The lowest BCUT2D eigenvalue weighted by Gasteiger charge is -2.38. The lowest BCUT2D eigenvalue weighted by atomic mass is 10.0. The van der Waals surface area contributed by atoms with Crippen LogP contribution >= 0.6 is 0 Å². The number of aryl methyl sites for hydroxylation is 2. The summed E-state index contributed by atoms with van der Waals surface area (Å²) in [5, 5.41) is 14.6. The van der Waals surface area contributed by atoms with Crippen LogP contribution in [0.3, 0.4) is 0 Å². The Morgan fingerprint density at radius 1 is 1.22 bits per heavy atom. The molecule has 3 aromatic rings. The number of aromatic nitrogens is 3. The van der Waals surface area contributed by atoms with E-state index in [2.05, 4.69) is 35.9 Å². The van der Waals surface area contributed by atoms with Crippen LogP contribution < -0.4 is 16.0 Å². The van der Waals surface area contributed by atoms with Crippen LogP contribution in [-0.2, 0) is 16.0 Å². The fourth-order valence-corrected chi connectivity index (χ4v) is 4.34. The van der Waals surface area contributed by atoms with Crippen molar-refractivity contribution in [3.63, 3.8) is 0 Å². The molecule has 2 atom stereocenters. The first-order valence-corrected chi connectivity index (χ1v) is 12.6. The van der Waals surface area contributed by atoms with Gasteiger partial charge in [-0.3, -0.25) is 9.59 Å². The van der Waals surface area contributed by atoms with Crippen LogP contribution in [0.15, 0.2) is 41.2 Å². The maximum atomic E-state index is 14.1. The number of hydrogen-bond donors (Lipinski definition) is 3. The quantitative estimate of drug-likeness (QED) is 0.334. The van der Waals surface area contributed by atoms with Crippen molar-refractivity contribution in [3.05, 3.63) is 70.4 Å². The number of benzene rings is 1. The molecule has 0 saturated carbocycles. The SMILES string of the molecule is CCc1nonc1C(=O)N[C@H](C(=O)Nc1cc([C@@H](COC)N2CC(F)(F)CNC2=O)ccn1)c1ccc(F)c(C)c1. The smallest absolute Gasteiger partial charge is 0.318 e. The van der Waals surface area contributed by atoms with E-state index in [1.165, 1.54) is 50.6 Å². The van der Waals surface area contributed by atoms with E-state index in [9.17, 15) is 27.6 Å². The number of carbonyl (C=O) groups excluding carboxylic acids is 3. The zero-order valence-corrected chi connectivity index (χ0v) is 22.4. The van der Waals surface area contributed by atoms with E-state index in [4.69, 9.17) is 4.74 Å². The predicted molar refractivity (Wildman–Crippen MR) is 138 cm³/mol. The van der Waals surface area contributed by atoms with E-state index in [0.29, 0.717) is 12.0 Å². The van der Waals surface area contributed by atoms with Gasteiger partial charge in [-0.1, -0.05) is 24.2 Å². The van der Waals surface area contributed by atoms with E-state index in [0.717, 1.165) is 4.90 Å². The predicted octanol–water partition coefficient (Wildman–Crippen LogP) is 2.93. The summed E-state index contributed by atoms with van der Waals surface area (Å²) in [5.74, 6) is -5.13. The first kappa shape index (κ1) is 29.5. The van der Waals surface area contributed by atoms with Gasteiger partial charge in [0.2, 0.25) is 0 Å². The van der Waals surface area contributed by atoms with E-state index in [1.54, 1.807) is 6.92 Å². The number of urea groups is 1. The second-order valence-corrected chi connectivity index (χ2v) is 9.41. The van der Waals surface area contributed by atoms with Crippen LogP contribution in [-0.4, -0.2) is 70.8 Å². The maximum absolute atomic E-state index is 14.1. The fraction of sp³-hybridized carbons (Fsp3) is 0.385. The molecule has 3 heterocycles. The molecule has 0 radical (unpaired) electrons. The molecule has 0 aliphatic carbocycles. The van der Waals surface area contributed by atoms with Crippen molar-refractivity contribution >= 4 is 23.7 Å². The zero-order valence-electron chi connectivity index (χ0n) is 22.4. The average Bonchev–Trinajstić information content (AvgIpc) is 3.43. The summed E-state index contributed by atoms with van der Waals surface area (Å²) in [6.07, 6.45) is 1.68. The van der Waals surface area contributed by atoms with Crippen molar-refractivity contribution in [2.45, 2.75) is 38.3 Å². The van der Waals surface area contributed by atoms with Crippen molar-refractivity contribution in [1.29, 1.82) is 0 Å². The van der Waals surface area contributed by atoms with E-state index < -0.39 is 54.8 Å². The molecule has 0 bridgehead atoms. The summed E-state index contributed by atoms with van der Waals surface area (Å²) in [4.78, 5) is 44.0. The molecule has 4 rings (SSSR count). The highest BCUT2D eigenvalue weighted by Crippen LogP contribution is 2.29. The Labute approximate surface area is 232 Å². The number of nitrogens with zero attached hydrogens (tertiary/aromatic N) is 4. The number of ether oxygens (including phenoxy) is 1. The summed E-state index contributed by atoms with van der Waals surface area (Å²) in [5.41, 5.74) is 1.05. The normalized spacial score (nSPS) is 16.0. The maximum Gasteiger partial charge on any atom is 0.318 e.